The van der Waals surface area contributed by atoms with E-state index in [1.54, 1.807) is 4.68 Å². The van der Waals surface area contributed by atoms with Crippen molar-refractivity contribution in [3.05, 3.63) is 59.2 Å². The summed E-state index contributed by atoms with van der Waals surface area (Å²) in [6, 6.07) is 14.0. The van der Waals surface area contributed by atoms with Crippen molar-refractivity contribution in [2.24, 2.45) is 0 Å². The van der Waals surface area contributed by atoms with Gasteiger partial charge in [0.1, 0.15) is 0 Å². The summed E-state index contributed by atoms with van der Waals surface area (Å²) >= 11 is 1.31. The van der Waals surface area contributed by atoms with E-state index < -0.39 is 0 Å². The molecule has 0 aliphatic carbocycles. The number of thioether (sulfide) groups is 1. The van der Waals surface area contributed by atoms with Crippen LogP contribution in [0.4, 0.5) is 5.69 Å². The van der Waals surface area contributed by atoms with Crippen molar-refractivity contribution in [2.45, 2.75) is 38.8 Å². The van der Waals surface area contributed by atoms with E-state index in [4.69, 9.17) is 0 Å². The molecule has 3 rings (SSSR count). The second-order valence-electron chi connectivity index (χ2n) is 6.76. The number of rotatable bonds is 6. The number of amides is 1. The van der Waals surface area contributed by atoms with Gasteiger partial charge < -0.3 is 5.32 Å². The van der Waals surface area contributed by atoms with Gasteiger partial charge in [-0.25, -0.2) is 0 Å². The molecule has 140 valence electrons. The maximum atomic E-state index is 12.3. The van der Waals surface area contributed by atoms with Gasteiger partial charge in [-0.3, -0.25) is 4.79 Å². The van der Waals surface area contributed by atoms with Crippen molar-refractivity contribution in [1.82, 2.24) is 20.2 Å². The Kier molecular flexibility index (Phi) is 5.91. The normalized spacial score (nSPS) is 11.0. The number of hydrogen-bond donors (Lipinski definition) is 1. The second-order valence-corrected chi connectivity index (χ2v) is 7.70. The summed E-state index contributed by atoms with van der Waals surface area (Å²) < 4.78 is 1.65. The molecule has 1 aromatic heterocycles. The summed E-state index contributed by atoms with van der Waals surface area (Å²) in [4.78, 5) is 12.3. The first-order valence-electron chi connectivity index (χ1n) is 8.82. The Morgan fingerprint density at radius 3 is 2.52 bits per heavy atom. The quantitative estimate of drug-likeness (QED) is 0.650. The lowest BCUT2D eigenvalue weighted by Crippen LogP contribution is -2.14. The van der Waals surface area contributed by atoms with Gasteiger partial charge in [0.2, 0.25) is 11.1 Å². The topological polar surface area (TPSA) is 72.7 Å². The molecule has 0 radical (unpaired) electrons. The van der Waals surface area contributed by atoms with Crippen LogP contribution in [0.15, 0.2) is 47.6 Å². The first-order valence-corrected chi connectivity index (χ1v) is 9.81. The Morgan fingerprint density at radius 1 is 1.11 bits per heavy atom. The molecule has 0 aliphatic heterocycles. The molecule has 2 aromatic carbocycles. The summed E-state index contributed by atoms with van der Waals surface area (Å²) in [5.41, 5.74) is 5.30. The highest BCUT2D eigenvalue weighted by Gasteiger charge is 2.12. The van der Waals surface area contributed by atoms with Crippen LogP contribution in [-0.4, -0.2) is 31.9 Å². The van der Waals surface area contributed by atoms with Crippen molar-refractivity contribution < 1.29 is 4.79 Å². The number of carbonyl (C=O) groups is 1. The van der Waals surface area contributed by atoms with E-state index in [1.807, 2.05) is 49.4 Å². The van der Waals surface area contributed by atoms with Crippen molar-refractivity contribution in [1.29, 1.82) is 0 Å². The number of hydrogen-bond acceptors (Lipinski definition) is 5. The van der Waals surface area contributed by atoms with E-state index in [0.717, 1.165) is 11.4 Å². The minimum Gasteiger partial charge on any atom is -0.325 e. The predicted molar refractivity (Wildman–Crippen MR) is 109 cm³/mol. The Hall–Kier alpha value is -2.67. The number of carbonyl (C=O) groups excluding carboxylic acids is 1. The third-order valence-electron chi connectivity index (χ3n) is 4.37. The number of nitrogens with zero attached hydrogens (tertiary/aromatic N) is 4. The van der Waals surface area contributed by atoms with E-state index in [-0.39, 0.29) is 11.7 Å². The van der Waals surface area contributed by atoms with Crippen LogP contribution in [0.25, 0.3) is 5.69 Å². The van der Waals surface area contributed by atoms with Gasteiger partial charge >= 0.3 is 0 Å². The average Bonchev–Trinajstić information content (AvgIpc) is 3.11. The summed E-state index contributed by atoms with van der Waals surface area (Å²) in [5, 5.41) is 15.3. The molecule has 1 heterocycles. The summed E-state index contributed by atoms with van der Waals surface area (Å²) in [6.45, 7) is 8.40. The van der Waals surface area contributed by atoms with Crippen LogP contribution in [0.2, 0.25) is 0 Å². The fourth-order valence-corrected chi connectivity index (χ4v) is 3.26. The van der Waals surface area contributed by atoms with Gasteiger partial charge in [-0.1, -0.05) is 43.8 Å². The molecule has 0 bridgehead atoms. The zero-order valence-corrected chi connectivity index (χ0v) is 16.7. The van der Waals surface area contributed by atoms with Gasteiger partial charge in [0, 0.05) is 5.69 Å². The number of aromatic nitrogens is 4. The molecule has 7 heteroatoms. The van der Waals surface area contributed by atoms with Gasteiger partial charge in [-0.15, -0.1) is 5.10 Å². The Morgan fingerprint density at radius 2 is 1.85 bits per heavy atom. The van der Waals surface area contributed by atoms with E-state index in [0.29, 0.717) is 11.1 Å². The number of anilines is 1. The zero-order valence-electron chi connectivity index (χ0n) is 15.9. The Labute approximate surface area is 163 Å². The lowest BCUT2D eigenvalue weighted by Gasteiger charge is -2.09. The summed E-state index contributed by atoms with van der Waals surface area (Å²) in [5.74, 6) is 0.610. The Bertz CT molecular complexity index is 934. The molecule has 0 unspecified atom stereocenters. The molecule has 0 aliphatic rings. The average molecular weight is 382 g/mol. The smallest absolute Gasteiger partial charge is 0.234 e. The van der Waals surface area contributed by atoms with E-state index in [2.05, 4.69) is 41.6 Å². The van der Waals surface area contributed by atoms with Crippen LogP contribution in [0, 0.1) is 13.8 Å². The fraction of sp³-hybridized carbons (Fsp3) is 0.300. The largest absolute Gasteiger partial charge is 0.325 e. The van der Waals surface area contributed by atoms with E-state index in [9.17, 15) is 4.79 Å². The highest BCUT2D eigenvalue weighted by Crippen LogP contribution is 2.21. The van der Waals surface area contributed by atoms with Crippen LogP contribution >= 0.6 is 11.8 Å². The van der Waals surface area contributed by atoms with Gasteiger partial charge in [0.05, 0.1) is 11.4 Å². The van der Waals surface area contributed by atoms with Crippen LogP contribution in [0.3, 0.4) is 0 Å². The van der Waals surface area contributed by atoms with Crippen molar-refractivity contribution in [3.63, 3.8) is 0 Å². The van der Waals surface area contributed by atoms with Crippen molar-refractivity contribution >= 4 is 23.4 Å². The van der Waals surface area contributed by atoms with Crippen molar-refractivity contribution in [3.8, 4) is 5.69 Å². The fourth-order valence-electron chi connectivity index (χ4n) is 2.57. The van der Waals surface area contributed by atoms with Crippen LogP contribution in [0.1, 0.15) is 36.5 Å². The third-order valence-corrected chi connectivity index (χ3v) is 5.29. The number of nitrogens with one attached hydrogen (secondary N) is 1. The molecular weight excluding hydrogens is 358 g/mol. The zero-order chi connectivity index (χ0) is 19.4. The molecule has 0 saturated carbocycles. The molecule has 0 spiro atoms. The monoisotopic (exact) mass is 381 g/mol. The predicted octanol–water partition coefficient (Wildman–Crippen LogP) is 4.13. The molecule has 1 N–H and O–H groups in total. The SMILES string of the molecule is Cc1ccc(-n2nnnc2SCC(=O)Nc2ccc(C(C)C)cc2)cc1C. The molecule has 0 atom stereocenters. The van der Waals surface area contributed by atoms with Crippen LogP contribution in [-0.2, 0) is 4.79 Å². The van der Waals surface area contributed by atoms with Gasteiger partial charge in [0.15, 0.2) is 0 Å². The third kappa shape index (κ3) is 4.74. The van der Waals surface area contributed by atoms with Gasteiger partial charge in [0.25, 0.3) is 0 Å². The highest BCUT2D eigenvalue weighted by atomic mass is 32.2. The first kappa shape index (κ1) is 19.1. The maximum Gasteiger partial charge on any atom is 0.234 e. The lowest BCUT2D eigenvalue weighted by molar-refractivity contribution is -0.113. The standard InChI is InChI=1S/C20H23N5OS/c1-13(2)16-6-8-17(9-7-16)21-19(26)12-27-20-22-23-24-25(20)18-10-5-14(3)15(4)11-18/h5-11,13H,12H2,1-4H3,(H,21,26). The Balaban J connectivity index is 1.62. The summed E-state index contributed by atoms with van der Waals surface area (Å²) in [6.07, 6.45) is 0. The minimum absolute atomic E-state index is 0.0908. The van der Waals surface area contributed by atoms with E-state index >= 15 is 0 Å². The molecular formula is C20H23N5OS. The second kappa shape index (κ2) is 8.35. The molecule has 1 amide bonds. The number of tetrazole rings is 1. The van der Waals surface area contributed by atoms with Gasteiger partial charge in [-0.05, 0) is 71.1 Å². The highest BCUT2D eigenvalue weighted by molar-refractivity contribution is 7.99. The van der Waals surface area contributed by atoms with Crippen molar-refractivity contribution in [2.75, 3.05) is 11.1 Å². The molecule has 0 fully saturated rings. The molecule has 3 aromatic rings. The van der Waals surface area contributed by atoms with Crippen LogP contribution in [0.5, 0.6) is 0 Å². The van der Waals surface area contributed by atoms with Gasteiger partial charge in [-0.2, -0.15) is 4.68 Å². The molecule has 0 saturated heterocycles. The first-order chi connectivity index (χ1) is 12.9. The lowest BCUT2D eigenvalue weighted by atomic mass is 10.0. The summed E-state index contributed by atoms with van der Waals surface area (Å²) in [7, 11) is 0. The van der Waals surface area contributed by atoms with E-state index in [1.165, 1.54) is 28.5 Å². The molecule has 27 heavy (non-hydrogen) atoms. The maximum absolute atomic E-state index is 12.3. The number of benzene rings is 2. The van der Waals surface area contributed by atoms with Crippen LogP contribution < -0.4 is 5.32 Å². The number of aryl methyl sites for hydroxylation is 2. The molecule has 6 nitrogen and oxygen atoms in total. The minimum atomic E-state index is -0.0908.